The van der Waals surface area contributed by atoms with Crippen molar-refractivity contribution in [1.29, 1.82) is 0 Å². The Morgan fingerprint density at radius 2 is 1.88 bits per heavy atom. The minimum Gasteiger partial charge on any atom is -0.493 e. The quantitative estimate of drug-likeness (QED) is 0.829. The van der Waals surface area contributed by atoms with Gasteiger partial charge in [-0.1, -0.05) is 18.2 Å². The van der Waals surface area contributed by atoms with Gasteiger partial charge in [0.1, 0.15) is 0 Å². The molecule has 1 unspecified atom stereocenters. The van der Waals surface area contributed by atoms with Gasteiger partial charge in [0.25, 0.3) is 5.91 Å². The standard InChI is InChI=1S/C19H20F3NO3/c1-12-7-8-16(17(9-12)25-3)26-11-18(24)23-13(2)14-5-4-6-15(10-14)19(20,21)22/h4-10,13H,11H2,1-3H3,(H,23,24). The third-order valence-corrected chi connectivity index (χ3v) is 3.77. The van der Waals surface area contributed by atoms with Crippen LogP contribution in [-0.4, -0.2) is 19.6 Å². The lowest BCUT2D eigenvalue weighted by atomic mass is 10.0. The van der Waals surface area contributed by atoms with E-state index in [1.807, 2.05) is 13.0 Å². The van der Waals surface area contributed by atoms with Crippen LogP contribution >= 0.6 is 0 Å². The Labute approximate surface area is 149 Å². The Balaban J connectivity index is 1.98. The highest BCUT2D eigenvalue weighted by molar-refractivity contribution is 5.78. The molecule has 2 rings (SSSR count). The molecule has 0 radical (unpaired) electrons. The monoisotopic (exact) mass is 367 g/mol. The van der Waals surface area contributed by atoms with Crippen LogP contribution < -0.4 is 14.8 Å². The largest absolute Gasteiger partial charge is 0.493 e. The maximum Gasteiger partial charge on any atom is 0.416 e. The zero-order chi connectivity index (χ0) is 19.3. The normalized spacial score (nSPS) is 12.4. The highest BCUT2D eigenvalue weighted by Crippen LogP contribution is 2.31. The van der Waals surface area contributed by atoms with Crippen molar-refractivity contribution in [3.8, 4) is 11.5 Å². The third-order valence-electron chi connectivity index (χ3n) is 3.77. The van der Waals surface area contributed by atoms with Crippen LogP contribution in [0.1, 0.15) is 29.7 Å². The minimum absolute atomic E-state index is 0.275. The first kappa shape index (κ1) is 19.6. The van der Waals surface area contributed by atoms with Crippen LogP contribution in [0.15, 0.2) is 42.5 Å². The number of amides is 1. The fourth-order valence-corrected chi connectivity index (χ4v) is 2.39. The van der Waals surface area contributed by atoms with E-state index in [-0.39, 0.29) is 6.61 Å². The van der Waals surface area contributed by atoms with Gasteiger partial charge in [0.2, 0.25) is 0 Å². The van der Waals surface area contributed by atoms with Gasteiger partial charge in [0.15, 0.2) is 18.1 Å². The van der Waals surface area contributed by atoms with Crippen LogP contribution in [0, 0.1) is 6.92 Å². The summed E-state index contributed by atoms with van der Waals surface area (Å²) >= 11 is 0. The molecule has 0 aliphatic rings. The number of methoxy groups -OCH3 is 1. The second-order valence-electron chi connectivity index (χ2n) is 5.86. The van der Waals surface area contributed by atoms with E-state index in [0.29, 0.717) is 17.1 Å². The van der Waals surface area contributed by atoms with E-state index in [4.69, 9.17) is 9.47 Å². The summed E-state index contributed by atoms with van der Waals surface area (Å²) in [5, 5.41) is 2.62. The maximum absolute atomic E-state index is 12.8. The van der Waals surface area contributed by atoms with Crippen molar-refractivity contribution < 1.29 is 27.4 Å². The highest BCUT2D eigenvalue weighted by atomic mass is 19.4. The first-order chi connectivity index (χ1) is 12.2. The molecule has 26 heavy (non-hydrogen) atoms. The van der Waals surface area contributed by atoms with Crippen molar-refractivity contribution >= 4 is 5.91 Å². The number of carbonyl (C=O) groups is 1. The molecule has 1 N–H and O–H groups in total. The smallest absolute Gasteiger partial charge is 0.416 e. The Kier molecular flexibility index (Phi) is 6.13. The summed E-state index contributed by atoms with van der Waals surface area (Å²) in [4.78, 5) is 12.0. The van der Waals surface area contributed by atoms with Gasteiger partial charge in [-0.25, -0.2) is 0 Å². The van der Waals surface area contributed by atoms with Crippen LogP contribution in [0.5, 0.6) is 11.5 Å². The zero-order valence-corrected chi connectivity index (χ0v) is 14.7. The van der Waals surface area contributed by atoms with Crippen molar-refractivity contribution in [3.05, 3.63) is 59.2 Å². The maximum atomic E-state index is 12.8. The molecule has 0 spiro atoms. The summed E-state index contributed by atoms with van der Waals surface area (Å²) in [6.45, 7) is 3.23. The van der Waals surface area contributed by atoms with E-state index in [1.54, 1.807) is 19.1 Å². The molecule has 1 amide bonds. The van der Waals surface area contributed by atoms with Crippen LogP contribution in [0.4, 0.5) is 13.2 Å². The fourth-order valence-electron chi connectivity index (χ4n) is 2.39. The van der Waals surface area contributed by atoms with E-state index in [2.05, 4.69) is 5.32 Å². The Bertz CT molecular complexity index is 775. The number of carbonyl (C=O) groups excluding carboxylic acids is 1. The van der Waals surface area contributed by atoms with Gasteiger partial charge in [0, 0.05) is 0 Å². The van der Waals surface area contributed by atoms with Crippen molar-refractivity contribution in [2.24, 2.45) is 0 Å². The molecule has 4 nitrogen and oxygen atoms in total. The van der Waals surface area contributed by atoms with Gasteiger partial charge >= 0.3 is 6.18 Å². The van der Waals surface area contributed by atoms with Crippen LogP contribution in [0.3, 0.4) is 0 Å². The molecule has 0 heterocycles. The average Bonchev–Trinajstić information content (AvgIpc) is 2.59. The van der Waals surface area contributed by atoms with Gasteiger partial charge in [-0.2, -0.15) is 13.2 Å². The van der Waals surface area contributed by atoms with E-state index in [0.717, 1.165) is 17.7 Å². The number of hydrogen-bond acceptors (Lipinski definition) is 3. The first-order valence-electron chi connectivity index (χ1n) is 7.94. The van der Waals surface area contributed by atoms with Crippen LogP contribution in [0.2, 0.25) is 0 Å². The van der Waals surface area contributed by atoms with Crippen molar-refractivity contribution in [3.63, 3.8) is 0 Å². The van der Waals surface area contributed by atoms with Gasteiger partial charge in [-0.3, -0.25) is 4.79 Å². The summed E-state index contributed by atoms with van der Waals surface area (Å²) in [6, 6.07) is 9.56. The molecule has 1 atom stereocenters. The number of alkyl halides is 3. The van der Waals surface area contributed by atoms with E-state index in [1.165, 1.54) is 19.2 Å². The first-order valence-corrected chi connectivity index (χ1v) is 7.94. The van der Waals surface area contributed by atoms with Gasteiger partial charge < -0.3 is 14.8 Å². The lowest BCUT2D eigenvalue weighted by molar-refractivity contribution is -0.137. The minimum atomic E-state index is -4.43. The molecule has 2 aromatic carbocycles. The van der Waals surface area contributed by atoms with E-state index < -0.39 is 23.7 Å². The molecule has 140 valence electrons. The molecule has 0 saturated heterocycles. The lowest BCUT2D eigenvalue weighted by Crippen LogP contribution is -2.31. The molecule has 0 saturated carbocycles. The van der Waals surface area contributed by atoms with Gasteiger partial charge in [-0.05, 0) is 49.2 Å². The number of nitrogens with one attached hydrogen (secondary N) is 1. The predicted octanol–water partition coefficient (Wildman–Crippen LogP) is 4.28. The summed E-state index contributed by atoms with van der Waals surface area (Å²) in [7, 11) is 1.50. The Morgan fingerprint density at radius 1 is 1.15 bits per heavy atom. The summed E-state index contributed by atoms with van der Waals surface area (Å²) in [5.74, 6) is 0.473. The van der Waals surface area contributed by atoms with Gasteiger partial charge in [-0.15, -0.1) is 0 Å². The summed E-state index contributed by atoms with van der Waals surface area (Å²) < 4.78 is 49.0. The Morgan fingerprint density at radius 3 is 2.54 bits per heavy atom. The molecule has 0 fully saturated rings. The van der Waals surface area contributed by atoms with Crippen LogP contribution in [0.25, 0.3) is 0 Å². The second-order valence-corrected chi connectivity index (χ2v) is 5.86. The number of hydrogen-bond donors (Lipinski definition) is 1. The van der Waals surface area contributed by atoms with Gasteiger partial charge in [0.05, 0.1) is 18.7 Å². The Hall–Kier alpha value is -2.70. The number of rotatable bonds is 6. The average molecular weight is 367 g/mol. The van der Waals surface area contributed by atoms with E-state index >= 15 is 0 Å². The summed E-state index contributed by atoms with van der Waals surface area (Å²) in [6.07, 6.45) is -4.43. The fraction of sp³-hybridized carbons (Fsp3) is 0.316. The molecule has 0 aliphatic carbocycles. The summed E-state index contributed by atoms with van der Waals surface area (Å²) in [5.41, 5.74) is 0.592. The highest BCUT2D eigenvalue weighted by Gasteiger charge is 2.30. The molecular formula is C19H20F3NO3. The molecular weight excluding hydrogens is 347 g/mol. The van der Waals surface area contributed by atoms with Crippen molar-refractivity contribution in [1.82, 2.24) is 5.32 Å². The van der Waals surface area contributed by atoms with E-state index in [9.17, 15) is 18.0 Å². The number of benzene rings is 2. The number of ether oxygens (including phenoxy) is 2. The van der Waals surface area contributed by atoms with Crippen molar-refractivity contribution in [2.45, 2.75) is 26.1 Å². The SMILES string of the molecule is COc1cc(C)ccc1OCC(=O)NC(C)c1cccc(C(F)(F)F)c1. The lowest BCUT2D eigenvalue weighted by Gasteiger charge is -2.17. The third kappa shape index (κ3) is 5.15. The molecule has 0 bridgehead atoms. The second kappa shape index (κ2) is 8.12. The zero-order valence-electron chi connectivity index (χ0n) is 14.7. The van der Waals surface area contributed by atoms with Crippen molar-refractivity contribution in [2.75, 3.05) is 13.7 Å². The topological polar surface area (TPSA) is 47.6 Å². The van der Waals surface area contributed by atoms with Crippen LogP contribution in [-0.2, 0) is 11.0 Å². The molecule has 2 aromatic rings. The number of aryl methyl sites for hydroxylation is 1. The molecule has 0 aromatic heterocycles. The predicted molar refractivity (Wildman–Crippen MR) is 91.2 cm³/mol. The molecule has 0 aliphatic heterocycles. The number of halogens is 3. The molecule has 7 heteroatoms.